The molecular formula is C11H12BrFO3. The number of aliphatic hydroxyl groups excluding tert-OH is 1. The Kier molecular flexibility index (Phi) is 4.44. The van der Waals surface area contributed by atoms with Crippen LogP contribution in [-0.2, 0) is 9.53 Å². The van der Waals surface area contributed by atoms with E-state index in [4.69, 9.17) is 0 Å². The largest absolute Gasteiger partial charge is 0.464 e. The highest BCUT2D eigenvalue weighted by Gasteiger charge is 2.20. The molecule has 1 rings (SSSR count). The van der Waals surface area contributed by atoms with Gasteiger partial charge in [-0.2, -0.15) is 0 Å². The van der Waals surface area contributed by atoms with E-state index in [9.17, 15) is 14.3 Å². The van der Waals surface area contributed by atoms with Crippen LogP contribution in [0.2, 0.25) is 0 Å². The summed E-state index contributed by atoms with van der Waals surface area (Å²) >= 11 is 3.15. The van der Waals surface area contributed by atoms with E-state index in [-0.39, 0.29) is 12.2 Å². The van der Waals surface area contributed by atoms with Crippen molar-refractivity contribution >= 4 is 21.9 Å². The van der Waals surface area contributed by atoms with Gasteiger partial charge in [-0.1, -0.05) is 15.9 Å². The van der Waals surface area contributed by atoms with Gasteiger partial charge in [0, 0.05) is 4.47 Å². The Morgan fingerprint density at radius 2 is 2.25 bits per heavy atom. The third-order valence-electron chi connectivity index (χ3n) is 2.13. The van der Waals surface area contributed by atoms with E-state index in [1.54, 1.807) is 13.8 Å². The minimum atomic E-state index is -1.45. The predicted molar refractivity (Wildman–Crippen MR) is 60.4 cm³/mol. The second kappa shape index (κ2) is 5.41. The smallest absolute Gasteiger partial charge is 0.339 e. The molecule has 0 aliphatic heterocycles. The van der Waals surface area contributed by atoms with Crippen LogP contribution in [0.1, 0.15) is 24.2 Å². The Morgan fingerprint density at radius 3 is 2.75 bits per heavy atom. The minimum Gasteiger partial charge on any atom is -0.464 e. The van der Waals surface area contributed by atoms with E-state index in [2.05, 4.69) is 20.7 Å². The molecule has 1 N–H and O–H groups in total. The number of ether oxygens (including phenoxy) is 1. The standard InChI is InChI=1S/C11H12BrFO3/c1-3-16-11(15)10(14)7-4-8(12)6(2)9(13)5-7/h4-5,10,14H,3H2,1-2H3. The number of aliphatic hydroxyl groups is 1. The molecule has 0 fully saturated rings. The molecule has 88 valence electrons. The monoisotopic (exact) mass is 290 g/mol. The molecule has 0 saturated heterocycles. The van der Waals surface area contributed by atoms with E-state index in [0.717, 1.165) is 6.07 Å². The Balaban J connectivity index is 3.01. The molecule has 1 atom stereocenters. The Hall–Kier alpha value is -0.940. The maximum absolute atomic E-state index is 13.4. The van der Waals surface area contributed by atoms with Gasteiger partial charge in [0.2, 0.25) is 0 Å². The van der Waals surface area contributed by atoms with Crippen molar-refractivity contribution in [2.24, 2.45) is 0 Å². The third-order valence-corrected chi connectivity index (χ3v) is 2.95. The lowest BCUT2D eigenvalue weighted by Gasteiger charge is -2.11. The summed E-state index contributed by atoms with van der Waals surface area (Å²) in [7, 11) is 0. The van der Waals surface area contributed by atoms with Gasteiger partial charge in [0.25, 0.3) is 0 Å². The Bertz CT molecular complexity index is 383. The maximum atomic E-state index is 13.4. The number of hydrogen-bond acceptors (Lipinski definition) is 3. The molecule has 0 radical (unpaired) electrons. The molecule has 3 nitrogen and oxygen atoms in total. The number of benzene rings is 1. The number of carbonyl (C=O) groups excluding carboxylic acids is 1. The van der Waals surface area contributed by atoms with Crippen LogP contribution < -0.4 is 0 Å². The fourth-order valence-electron chi connectivity index (χ4n) is 1.18. The summed E-state index contributed by atoms with van der Waals surface area (Å²) in [4.78, 5) is 11.2. The minimum absolute atomic E-state index is 0.172. The van der Waals surface area contributed by atoms with Crippen LogP contribution in [0.15, 0.2) is 16.6 Å². The molecule has 0 heterocycles. The summed E-state index contributed by atoms with van der Waals surface area (Å²) in [5, 5.41) is 9.60. The van der Waals surface area contributed by atoms with Gasteiger partial charge in [0.05, 0.1) is 6.61 Å². The van der Waals surface area contributed by atoms with Crippen LogP contribution in [-0.4, -0.2) is 17.7 Å². The first-order chi connectivity index (χ1) is 7.47. The number of rotatable bonds is 3. The lowest BCUT2D eigenvalue weighted by molar-refractivity contribution is -0.153. The fourth-order valence-corrected chi connectivity index (χ4v) is 1.63. The zero-order valence-corrected chi connectivity index (χ0v) is 10.5. The zero-order chi connectivity index (χ0) is 12.3. The number of carbonyl (C=O) groups is 1. The molecule has 1 unspecified atom stereocenters. The van der Waals surface area contributed by atoms with Crippen molar-refractivity contribution in [3.05, 3.63) is 33.5 Å². The molecule has 16 heavy (non-hydrogen) atoms. The topological polar surface area (TPSA) is 46.5 Å². The molecule has 0 aliphatic carbocycles. The van der Waals surface area contributed by atoms with Gasteiger partial charge in [-0.25, -0.2) is 9.18 Å². The first kappa shape index (κ1) is 13.1. The van der Waals surface area contributed by atoms with Gasteiger partial charge >= 0.3 is 5.97 Å². The molecule has 0 bridgehead atoms. The number of hydrogen-bond donors (Lipinski definition) is 1. The first-order valence-electron chi connectivity index (χ1n) is 4.77. The average Bonchev–Trinajstić information content (AvgIpc) is 2.24. The van der Waals surface area contributed by atoms with Gasteiger partial charge in [0.15, 0.2) is 6.10 Å². The molecule has 0 amide bonds. The summed E-state index contributed by atoms with van der Waals surface area (Å²) in [5.41, 5.74) is 0.605. The van der Waals surface area contributed by atoms with Crippen LogP contribution in [0.25, 0.3) is 0 Å². The highest BCUT2D eigenvalue weighted by atomic mass is 79.9. The molecule has 5 heteroatoms. The molecule has 0 aliphatic rings. The molecule has 0 saturated carbocycles. The molecule has 1 aromatic carbocycles. The quantitative estimate of drug-likeness (QED) is 0.870. The predicted octanol–water partition coefficient (Wildman–Crippen LogP) is 2.49. The highest BCUT2D eigenvalue weighted by molar-refractivity contribution is 9.10. The van der Waals surface area contributed by atoms with Gasteiger partial charge in [0.1, 0.15) is 5.82 Å². The van der Waals surface area contributed by atoms with Crippen LogP contribution >= 0.6 is 15.9 Å². The van der Waals surface area contributed by atoms with Crippen molar-refractivity contribution in [1.29, 1.82) is 0 Å². The first-order valence-corrected chi connectivity index (χ1v) is 5.57. The highest BCUT2D eigenvalue weighted by Crippen LogP contribution is 2.25. The van der Waals surface area contributed by atoms with Crippen molar-refractivity contribution < 1.29 is 19.0 Å². The summed E-state index contributed by atoms with van der Waals surface area (Å²) < 4.78 is 18.5. The molecule has 1 aromatic rings. The maximum Gasteiger partial charge on any atom is 0.339 e. The molecule has 0 spiro atoms. The summed E-state index contributed by atoms with van der Waals surface area (Å²) in [6.45, 7) is 3.40. The van der Waals surface area contributed by atoms with Crippen molar-refractivity contribution in [2.45, 2.75) is 20.0 Å². The van der Waals surface area contributed by atoms with E-state index in [1.165, 1.54) is 6.07 Å². The molecular weight excluding hydrogens is 279 g/mol. The van der Waals surface area contributed by atoms with Crippen molar-refractivity contribution in [2.75, 3.05) is 6.61 Å². The number of esters is 1. The van der Waals surface area contributed by atoms with Gasteiger partial charge in [-0.15, -0.1) is 0 Å². The fraction of sp³-hybridized carbons (Fsp3) is 0.364. The normalized spacial score (nSPS) is 12.3. The van der Waals surface area contributed by atoms with Crippen molar-refractivity contribution in [3.8, 4) is 0 Å². The SMILES string of the molecule is CCOC(=O)C(O)c1cc(F)c(C)c(Br)c1. The van der Waals surface area contributed by atoms with Crippen molar-refractivity contribution in [3.63, 3.8) is 0 Å². The van der Waals surface area contributed by atoms with Crippen LogP contribution in [0, 0.1) is 12.7 Å². The van der Waals surface area contributed by atoms with Gasteiger partial charge < -0.3 is 9.84 Å². The molecule has 0 aromatic heterocycles. The van der Waals surface area contributed by atoms with E-state index >= 15 is 0 Å². The van der Waals surface area contributed by atoms with E-state index < -0.39 is 17.9 Å². The number of halogens is 2. The van der Waals surface area contributed by atoms with Crippen LogP contribution in [0.5, 0.6) is 0 Å². The lowest BCUT2D eigenvalue weighted by Crippen LogP contribution is -2.15. The van der Waals surface area contributed by atoms with Crippen LogP contribution in [0.3, 0.4) is 0 Å². The Morgan fingerprint density at radius 1 is 1.62 bits per heavy atom. The third kappa shape index (κ3) is 2.80. The summed E-state index contributed by atoms with van der Waals surface area (Å²) in [6, 6.07) is 2.63. The van der Waals surface area contributed by atoms with Gasteiger partial charge in [-0.05, 0) is 37.1 Å². The van der Waals surface area contributed by atoms with E-state index in [1.807, 2.05) is 0 Å². The van der Waals surface area contributed by atoms with Crippen molar-refractivity contribution in [1.82, 2.24) is 0 Å². The zero-order valence-electron chi connectivity index (χ0n) is 8.96. The van der Waals surface area contributed by atoms with Gasteiger partial charge in [-0.3, -0.25) is 0 Å². The second-order valence-electron chi connectivity index (χ2n) is 3.26. The lowest BCUT2D eigenvalue weighted by atomic mass is 10.1. The summed E-state index contributed by atoms with van der Waals surface area (Å²) in [6.07, 6.45) is -1.45. The summed E-state index contributed by atoms with van der Waals surface area (Å²) in [5.74, 6) is -1.26. The van der Waals surface area contributed by atoms with E-state index in [0.29, 0.717) is 10.0 Å². The van der Waals surface area contributed by atoms with Crippen LogP contribution in [0.4, 0.5) is 4.39 Å². The second-order valence-corrected chi connectivity index (χ2v) is 4.12. The Labute approximate surface area is 101 Å². The average molecular weight is 291 g/mol.